The highest BCUT2D eigenvalue weighted by molar-refractivity contribution is 5.92. The van der Waals surface area contributed by atoms with E-state index in [0.717, 1.165) is 16.6 Å². The van der Waals surface area contributed by atoms with Crippen LogP contribution < -0.4 is 0 Å². The Balaban J connectivity index is 2.51. The van der Waals surface area contributed by atoms with Gasteiger partial charge in [0, 0.05) is 12.4 Å². The van der Waals surface area contributed by atoms with E-state index in [9.17, 15) is 4.79 Å². The second-order valence-electron chi connectivity index (χ2n) is 3.52. The van der Waals surface area contributed by atoms with Crippen molar-refractivity contribution in [2.24, 2.45) is 7.05 Å². The van der Waals surface area contributed by atoms with E-state index in [-0.39, 0.29) is 0 Å². The molecule has 2 rings (SSSR count). The zero-order valence-electron chi connectivity index (χ0n) is 9.52. The highest BCUT2D eigenvalue weighted by Gasteiger charge is 2.12. The molecule has 2 aromatic rings. The second-order valence-corrected chi connectivity index (χ2v) is 3.52. The van der Waals surface area contributed by atoms with Crippen LogP contribution in [0.5, 0.6) is 0 Å². The average molecular weight is 219 g/mol. The van der Waals surface area contributed by atoms with E-state index in [2.05, 4.69) is 10.1 Å². The van der Waals surface area contributed by atoms with Crippen molar-refractivity contribution in [1.29, 1.82) is 0 Å². The number of nitrogens with zero attached hydrogens (tertiary/aromatic N) is 3. The third kappa shape index (κ3) is 1.64. The fourth-order valence-electron chi connectivity index (χ4n) is 1.65. The van der Waals surface area contributed by atoms with E-state index in [1.807, 2.05) is 14.0 Å². The molecule has 0 saturated heterocycles. The van der Waals surface area contributed by atoms with Gasteiger partial charge >= 0.3 is 5.97 Å². The van der Waals surface area contributed by atoms with Crippen LogP contribution in [0.15, 0.2) is 12.3 Å². The normalized spacial score (nSPS) is 10.7. The first-order valence-electron chi connectivity index (χ1n) is 5.10. The lowest BCUT2D eigenvalue weighted by Gasteiger charge is -2.00. The first-order valence-corrected chi connectivity index (χ1v) is 5.10. The molecule has 0 bridgehead atoms. The average Bonchev–Trinajstić information content (AvgIpc) is 2.55. The van der Waals surface area contributed by atoms with Crippen LogP contribution in [-0.2, 0) is 11.8 Å². The molecule has 0 saturated carbocycles. The number of carbonyl (C=O) groups is 1. The van der Waals surface area contributed by atoms with Crippen molar-refractivity contribution in [3.63, 3.8) is 0 Å². The van der Waals surface area contributed by atoms with Gasteiger partial charge in [-0.2, -0.15) is 5.10 Å². The summed E-state index contributed by atoms with van der Waals surface area (Å²) in [4.78, 5) is 15.6. The molecule has 0 aliphatic rings. The number of ether oxygens (including phenoxy) is 1. The summed E-state index contributed by atoms with van der Waals surface area (Å²) >= 11 is 0. The molecule has 5 nitrogen and oxygen atoms in total. The molecule has 0 amide bonds. The summed E-state index contributed by atoms with van der Waals surface area (Å²) in [5.74, 6) is -0.396. The molecule has 0 aliphatic carbocycles. The van der Waals surface area contributed by atoms with Crippen LogP contribution in [-0.4, -0.2) is 27.3 Å². The highest BCUT2D eigenvalue weighted by Crippen LogP contribution is 2.17. The van der Waals surface area contributed by atoms with E-state index in [4.69, 9.17) is 4.74 Å². The molecule has 0 unspecified atom stereocenters. The van der Waals surface area contributed by atoms with Crippen molar-refractivity contribution in [1.82, 2.24) is 14.8 Å². The molecule has 2 aromatic heterocycles. The standard InChI is InChI=1S/C11H13N3O2/c1-4-16-11(15)9-5-8-7(2)13-14(3)10(8)6-12-9/h5-6H,4H2,1-3H3. The zero-order valence-corrected chi connectivity index (χ0v) is 9.52. The Hall–Kier alpha value is -1.91. The predicted octanol–water partition coefficient (Wildman–Crippen LogP) is 1.45. The van der Waals surface area contributed by atoms with Crippen molar-refractivity contribution in [2.75, 3.05) is 6.61 Å². The first kappa shape index (κ1) is 10.6. The van der Waals surface area contributed by atoms with Gasteiger partial charge in [-0.15, -0.1) is 0 Å². The van der Waals surface area contributed by atoms with Crippen LogP contribution in [0.2, 0.25) is 0 Å². The zero-order chi connectivity index (χ0) is 11.7. The lowest BCUT2D eigenvalue weighted by Crippen LogP contribution is -2.06. The Morgan fingerprint density at radius 2 is 2.31 bits per heavy atom. The quantitative estimate of drug-likeness (QED) is 0.717. The van der Waals surface area contributed by atoms with E-state index >= 15 is 0 Å². The van der Waals surface area contributed by atoms with Gasteiger partial charge in [0.05, 0.1) is 24.0 Å². The minimum absolute atomic E-state index is 0.324. The first-order chi connectivity index (χ1) is 7.63. The maximum absolute atomic E-state index is 11.5. The topological polar surface area (TPSA) is 57.0 Å². The van der Waals surface area contributed by atoms with E-state index in [0.29, 0.717) is 12.3 Å². The van der Waals surface area contributed by atoms with Crippen LogP contribution >= 0.6 is 0 Å². The smallest absolute Gasteiger partial charge is 0.356 e. The Morgan fingerprint density at radius 1 is 1.56 bits per heavy atom. The Labute approximate surface area is 93.0 Å². The molecule has 5 heteroatoms. The van der Waals surface area contributed by atoms with Gasteiger partial charge in [-0.1, -0.05) is 0 Å². The monoisotopic (exact) mass is 219 g/mol. The van der Waals surface area contributed by atoms with E-state index in [1.54, 1.807) is 23.9 Å². The number of aryl methyl sites for hydroxylation is 2. The molecule has 0 aliphatic heterocycles. The Morgan fingerprint density at radius 3 is 3.00 bits per heavy atom. The molecule has 16 heavy (non-hydrogen) atoms. The van der Waals surface area contributed by atoms with E-state index < -0.39 is 5.97 Å². The number of esters is 1. The molecule has 0 spiro atoms. The second kappa shape index (κ2) is 3.92. The molecular weight excluding hydrogens is 206 g/mol. The summed E-state index contributed by atoms with van der Waals surface area (Å²) in [7, 11) is 1.85. The number of hydrogen-bond acceptors (Lipinski definition) is 4. The lowest BCUT2D eigenvalue weighted by atomic mass is 10.2. The molecule has 84 valence electrons. The predicted molar refractivity (Wildman–Crippen MR) is 59.2 cm³/mol. The van der Waals surface area contributed by atoms with Crippen molar-refractivity contribution in [2.45, 2.75) is 13.8 Å². The molecule has 0 atom stereocenters. The number of rotatable bonds is 2. The molecule has 0 N–H and O–H groups in total. The highest BCUT2D eigenvalue weighted by atomic mass is 16.5. The number of aromatic nitrogens is 3. The summed E-state index contributed by atoms with van der Waals surface area (Å²) in [6.07, 6.45) is 1.64. The van der Waals surface area contributed by atoms with Gasteiger partial charge < -0.3 is 4.74 Å². The number of pyridine rings is 1. The third-order valence-corrected chi connectivity index (χ3v) is 2.41. The number of hydrogen-bond donors (Lipinski definition) is 0. The summed E-state index contributed by atoms with van der Waals surface area (Å²) < 4.78 is 6.64. The van der Waals surface area contributed by atoms with Gasteiger partial charge in [-0.25, -0.2) is 9.78 Å². The molecule has 0 fully saturated rings. The van der Waals surface area contributed by atoms with Gasteiger partial charge in [-0.3, -0.25) is 4.68 Å². The Kier molecular flexibility index (Phi) is 2.60. The van der Waals surface area contributed by atoms with Crippen LogP contribution in [0, 0.1) is 6.92 Å². The van der Waals surface area contributed by atoms with E-state index in [1.165, 1.54) is 0 Å². The summed E-state index contributed by atoms with van der Waals surface area (Å²) in [6.45, 7) is 4.02. The van der Waals surface area contributed by atoms with Gasteiger partial charge in [0.25, 0.3) is 0 Å². The minimum atomic E-state index is -0.396. The maximum atomic E-state index is 11.5. The van der Waals surface area contributed by atoms with Gasteiger partial charge in [-0.05, 0) is 19.9 Å². The van der Waals surface area contributed by atoms with Gasteiger partial charge in [0.1, 0.15) is 5.69 Å². The lowest BCUT2D eigenvalue weighted by molar-refractivity contribution is 0.0520. The Bertz CT molecular complexity index is 545. The number of fused-ring (bicyclic) bond motifs is 1. The van der Waals surface area contributed by atoms with Crippen LogP contribution in [0.25, 0.3) is 10.9 Å². The van der Waals surface area contributed by atoms with Crippen LogP contribution in [0.3, 0.4) is 0 Å². The van der Waals surface area contributed by atoms with Crippen molar-refractivity contribution >= 4 is 16.9 Å². The maximum Gasteiger partial charge on any atom is 0.356 e. The van der Waals surface area contributed by atoms with Crippen molar-refractivity contribution in [3.05, 3.63) is 23.7 Å². The minimum Gasteiger partial charge on any atom is -0.461 e. The van der Waals surface area contributed by atoms with Crippen molar-refractivity contribution in [3.8, 4) is 0 Å². The van der Waals surface area contributed by atoms with Gasteiger partial charge in [0.15, 0.2) is 0 Å². The largest absolute Gasteiger partial charge is 0.461 e. The molecule has 2 heterocycles. The molecular formula is C11H13N3O2. The molecule has 0 aromatic carbocycles. The summed E-state index contributed by atoms with van der Waals surface area (Å²) in [6, 6.07) is 1.72. The number of carbonyl (C=O) groups excluding carboxylic acids is 1. The van der Waals surface area contributed by atoms with Crippen LogP contribution in [0.4, 0.5) is 0 Å². The fourth-order valence-corrected chi connectivity index (χ4v) is 1.65. The summed E-state index contributed by atoms with van der Waals surface area (Å²) in [5, 5.41) is 5.19. The van der Waals surface area contributed by atoms with Gasteiger partial charge in [0.2, 0.25) is 0 Å². The summed E-state index contributed by atoms with van der Waals surface area (Å²) in [5.41, 5.74) is 2.11. The van der Waals surface area contributed by atoms with Crippen LogP contribution in [0.1, 0.15) is 23.1 Å². The van der Waals surface area contributed by atoms with Crippen molar-refractivity contribution < 1.29 is 9.53 Å². The third-order valence-electron chi connectivity index (χ3n) is 2.41. The SMILES string of the molecule is CCOC(=O)c1cc2c(C)nn(C)c2cn1. The fraction of sp³-hybridized carbons (Fsp3) is 0.364. The molecule has 0 radical (unpaired) electrons.